The number of nitrogens with two attached hydrogens (primary N) is 2. The van der Waals surface area contributed by atoms with Crippen molar-refractivity contribution in [2.45, 2.75) is 49.2 Å². The van der Waals surface area contributed by atoms with E-state index in [1.807, 2.05) is 42.5 Å². The van der Waals surface area contributed by atoms with Crippen LogP contribution < -0.4 is 16.2 Å². The Morgan fingerprint density at radius 1 is 0.900 bits per heavy atom. The van der Waals surface area contributed by atoms with Crippen LogP contribution in [0, 0.1) is 5.92 Å². The summed E-state index contributed by atoms with van der Waals surface area (Å²) in [5.74, 6) is -0.298. The molecule has 40 heavy (non-hydrogen) atoms. The predicted molar refractivity (Wildman–Crippen MR) is 152 cm³/mol. The molecule has 0 spiro atoms. The van der Waals surface area contributed by atoms with Crippen LogP contribution in [0.15, 0.2) is 89.4 Å². The van der Waals surface area contributed by atoms with E-state index in [2.05, 4.69) is 4.99 Å². The summed E-state index contributed by atoms with van der Waals surface area (Å²) in [7, 11) is -4.45. The molecule has 9 nitrogen and oxygen atoms in total. The lowest BCUT2D eigenvalue weighted by Gasteiger charge is -2.36. The second-order valence-electron chi connectivity index (χ2n) is 10.4. The highest BCUT2D eigenvalue weighted by Gasteiger charge is 2.39. The molecule has 7 N–H and O–H groups in total. The number of allylic oxidation sites excluding steroid dienone is 1. The van der Waals surface area contributed by atoms with Crippen molar-refractivity contribution in [3.63, 3.8) is 0 Å². The molecule has 0 saturated heterocycles. The fourth-order valence-corrected chi connectivity index (χ4v) is 6.82. The third kappa shape index (κ3) is 6.14. The third-order valence-corrected chi connectivity index (χ3v) is 9.11. The Morgan fingerprint density at radius 3 is 2.17 bits per heavy atom. The predicted octanol–water partition coefficient (Wildman–Crippen LogP) is 4.10. The largest absolute Gasteiger partial charge is 0.508 e. The summed E-state index contributed by atoms with van der Waals surface area (Å²) in [6, 6.07) is 21.0. The molecule has 1 aliphatic carbocycles. The molecule has 0 amide bonds. The number of aromatic hydroxyl groups is 1. The van der Waals surface area contributed by atoms with Gasteiger partial charge < -0.3 is 26.4 Å². The van der Waals surface area contributed by atoms with Gasteiger partial charge in [0, 0.05) is 11.5 Å². The van der Waals surface area contributed by atoms with Gasteiger partial charge in [0.25, 0.3) is 10.1 Å². The van der Waals surface area contributed by atoms with Crippen molar-refractivity contribution in [1.29, 1.82) is 0 Å². The minimum absolute atomic E-state index is 0.0888. The van der Waals surface area contributed by atoms with E-state index in [9.17, 15) is 23.2 Å². The first-order valence-electron chi connectivity index (χ1n) is 13.2. The Labute approximate surface area is 233 Å². The number of ether oxygens (including phenoxy) is 1. The van der Waals surface area contributed by atoms with E-state index in [4.69, 9.17) is 16.2 Å². The molecule has 0 radical (unpaired) electrons. The second kappa shape index (κ2) is 11.3. The summed E-state index contributed by atoms with van der Waals surface area (Å²) in [5, 5.41) is 19.7. The van der Waals surface area contributed by atoms with Gasteiger partial charge in [-0.3, -0.25) is 4.55 Å². The summed E-state index contributed by atoms with van der Waals surface area (Å²) in [5.41, 5.74) is 15.1. The fourth-order valence-electron chi connectivity index (χ4n) is 5.74. The van der Waals surface area contributed by atoms with Gasteiger partial charge in [-0.15, -0.1) is 0 Å². The lowest BCUT2D eigenvalue weighted by molar-refractivity contribution is 0.203. The maximum atomic E-state index is 12.9. The average Bonchev–Trinajstić information content (AvgIpc) is 2.93. The highest BCUT2D eigenvalue weighted by atomic mass is 32.2. The molecule has 210 valence electrons. The van der Waals surface area contributed by atoms with Crippen molar-refractivity contribution in [3.05, 3.63) is 107 Å². The van der Waals surface area contributed by atoms with Gasteiger partial charge in [0.05, 0.1) is 5.25 Å². The lowest BCUT2D eigenvalue weighted by atomic mass is 9.73. The zero-order chi connectivity index (χ0) is 28.4. The molecule has 8 rings (SSSR count). The Balaban J connectivity index is 1.60. The summed E-state index contributed by atoms with van der Waals surface area (Å²) in [6.45, 7) is 0. The van der Waals surface area contributed by atoms with Gasteiger partial charge in [0.2, 0.25) is 6.23 Å². The molecule has 4 bridgehead atoms. The van der Waals surface area contributed by atoms with Crippen LogP contribution in [0.5, 0.6) is 11.5 Å². The van der Waals surface area contributed by atoms with Gasteiger partial charge in [0.1, 0.15) is 17.6 Å². The van der Waals surface area contributed by atoms with Crippen molar-refractivity contribution in [2.24, 2.45) is 22.4 Å². The van der Waals surface area contributed by atoms with E-state index < -0.39 is 33.6 Å². The molecule has 5 unspecified atom stereocenters. The normalized spacial score (nSPS) is 23.6. The van der Waals surface area contributed by atoms with Gasteiger partial charge in [-0.1, -0.05) is 54.6 Å². The van der Waals surface area contributed by atoms with E-state index in [1.165, 1.54) is 12.1 Å². The molecular weight excluding hydrogens is 530 g/mol. The number of nitrogens with zero attached hydrogens (tertiary/aromatic N) is 1. The first-order chi connectivity index (χ1) is 19.1. The number of aryl methyl sites for hydroxylation is 1. The quantitative estimate of drug-likeness (QED) is 0.137. The zero-order valence-corrected chi connectivity index (χ0v) is 22.6. The highest BCUT2D eigenvalue weighted by Crippen LogP contribution is 2.44. The number of phenols is 1. The van der Waals surface area contributed by atoms with Crippen molar-refractivity contribution in [3.8, 4) is 11.5 Å². The Bertz CT molecular complexity index is 1500. The monoisotopic (exact) mass is 563 g/mol. The first kappa shape index (κ1) is 27.7. The number of hydrogen-bond acceptors (Lipinski definition) is 6. The Morgan fingerprint density at radius 2 is 1.55 bits per heavy atom. The van der Waals surface area contributed by atoms with Crippen molar-refractivity contribution >= 4 is 16.1 Å². The smallest absolute Gasteiger partial charge is 0.268 e. The van der Waals surface area contributed by atoms with Crippen LogP contribution in [-0.4, -0.2) is 34.4 Å². The average molecular weight is 564 g/mol. The minimum atomic E-state index is -4.45. The van der Waals surface area contributed by atoms with Crippen LogP contribution >= 0.6 is 0 Å². The van der Waals surface area contributed by atoms with Crippen LogP contribution in [0.2, 0.25) is 0 Å². The highest BCUT2D eigenvalue weighted by molar-refractivity contribution is 7.86. The number of phenolic OH excluding ortho intramolecular Hbond substituents is 1. The maximum absolute atomic E-state index is 12.9. The van der Waals surface area contributed by atoms with Crippen molar-refractivity contribution in [1.82, 2.24) is 0 Å². The van der Waals surface area contributed by atoms with Crippen LogP contribution in [0.25, 0.3) is 0 Å². The topological polar surface area (TPSA) is 168 Å². The number of hydrogen-bond donors (Lipinski definition) is 5. The van der Waals surface area contributed by atoms with Gasteiger partial charge >= 0.3 is 0 Å². The molecule has 3 aromatic rings. The van der Waals surface area contributed by atoms with Gasteiger partial charge in [-0.05, 0) is 78.1 Å². The summed E-state index contributed by atoms with van der Waals surface area (Å²) in [6.07, 6.45) is 1.79. The number of rotatable bonds is 4. The summed E-state index contributed by atoms with van der Waals surface area (Å²) in [4.78, 5) is 4.25. The summed E-state index contributed by atoms with van der Waals surface area (Å²) < 4.78 is 42.2. The Hall–Kier alpha value is -3.86. The maximum Gasteiger partial charge on any atom is 0.268 e. The molecule has 0 saturated carbocycles. The number of aliphatic hydroxyl groups excluding tert-OH is 1. The van der Waals surface area contributed by atoms with E-state index in [-0.39, 0.29) is 24.0 Å². The standard InChI is InChI=1S/C30H33N3O6S/c31-30(32)33-29-21-6-4-19(5-7-21)25-15-10-22(28(35)20-8-11-23(34)12-9-20)17-26(25)27(40(36,37)38)16-3-18-1-13-24(39-29)14-2-18/h1-2,4-9,11-14,17,25-29,34-35H,3,10,15-16H2,(H4,31,32,33)(H,36,37,38). The third-order valence-electron chi connectivity index (χ3n) is 7.79. The molecule has 4 heterocycles. The number of guanidine groups is 1. The van der Waals surface area contributed by atoms with E-state index >= 15 is 0 Å². The lowest BCUT2D eigenvalue weighted by Crippen LogP contribution is -2.35. The molecule has 5 aliphatic rings. The van der Waals surface area contributed by atoms with E-state index in [0.717, 1.165) is 11.1 Å². The van der Waals surface area contributed by atoms with E-state index in [1.54, 1.807) is 24.3 Å². The molecular formula is C30H33N3O6S. The zero-order valence-electron chi connectivity index (χ0n) is 21.8. The minimum Gasteiger partial charge on any atom is -0.508 e. The van der Waals surface area contributed by atoms with Crippen LogP contribution in [0.4, 0.5) is 0 Å². The first-order valence-corrected chi connectivity index (χ1v) is 14.7. The number of aliphatic hydroxyl groups is 1. The van der Waals surface area contributed by atoms with Gasteiger partial charge in [0.15, 0.2) is 5.96 Å². The van der Waals surface area contributed by atoms with Crippen LogP contribution in [-0.2, 0) is 16.5 Å². The summed E-state index contributed by atoms with van der Waals surface area (Å²) >= 11 is 0. The second-order valence-corrected chi connectivity index (χ2v) is 12.0. The van der Waals surface area contributed by atoms with Crippen LogP contribution in [0.1, 0.15) is 59.8 Å². The molecule has 0 fully saturated rings. The fraction of sp³-hybridized carbons (Fsp3) is 0.300. The number of aliphatic imine (C=N–C) groups is 1. The number of benzene rings is 3. The van der Waals surface area contributed by atoms with E-state index in [0.29, 0.717) is 41.7 Å². The molecule has 0 aromatic heterocycles. The molecule has 4 aliphatic heterocycles. The van der Waals surface area contributed by atoms with Gasteiger partial charge in [-0.25, -0.2) is 4.99 Å². The van der Waals surface area contributed by atoms with Crippen molar-refractivity contribution < 1.29 is 27.9 Å². The Kier molecular flexibility index (Phi) is 7.84. The van der Waals surface area contributed by atoms with Crippen molar-refractivity contribution in [2.75, 3.05) is 0 Å². The SMILES string of the molecule is NC(N)=NC1Oc2ccc(cc2)CCC(S(=O)(=O)O)C2C=C(C(O)c3ccc(O)cc3)CCC2c2ccc1cc2. The molecule has 10 heteroatoms. The molecule has 3 aromatic carbocycles. The van der Waals surface area contributed by atoms with Gasteiger partial charge in [-0.2, -0.15) is 8.42 Å². The molecule has 5 atom stereocenters. The van der Waals surface area contributed by atoms with Crippen LogP contribution in [0.3, 0.4) is 0 Å².